The van der Waals surface area contributed by atoms with Gasteiger partial charge in [-0.1, -0.05) is 0 Å². The fourth-order valence-corrected chi connectivity index (χ4v) is 2.09. The standard InChI is InChI=1S/C18H24N2O2/c1-12-10-15(4-6-17(12)19)21-9-8-14(3)22-16-5-7-18(20)13(2)11-16/h4-7,10-11,14H,8-9,19-20H2,1-3H3. The number of hydrogen-bond acceptors (Lipinski definition) is 4. The Bertz CT molecular complexity index is 641. The van der Waals surface area contributed by atoms with Crippen molar-refractivity contribution in [3.63, 3.8) is 0 Å². The third kappa shape index (κ3) is 4.32. The lowest BCUT2D eigenvalue weighted by atomic mass is 10.2. The van der Waals surface area contributed by atoms with Crippen LogP contribution in [0.3, 0.4) is 0 Å². The van der Waals surface area contributed by atoms with Crippen LogP contribution in [0.5, 0.6) is 11.5 Å². The highest BCUT2D eigenvalue weighted by Gasteiger charge is 2.06. The number of rotatable bonds is 6. The van der Waals surface area contributed by atoms with Gasteiger partial charge in [-0.05, 0) is 68.3 Å². The number of nitrogen functional groups attached to an aromatic ring is 2. The topological polar surface area (TPSA) is 70.5 Å². The van der Waals surface area contributed by atoms with Gasteiger partial charge in [0, 0.05) is 17.8 Å². The summed E-state index contributed by atoms with van der Waals surface area (Å²) < 4.78 is 11.6. The Morgan fingerprint density at radius 2 is 1.45 bits per heavy atom. The van der Waals surface area contributed by atoms with Crippen molar-refractivity contribution in [2.24, 2.45) is 0 Å². The molecule has 0 fully saturated rings. The first kappa shape index (κ1) is 16.0. The van der Waals surface area contributed by atoms with Crippen LogP contribution in [0.4, 0.5) is 11.4 Å². The van der Waals surface area contributed by atoms with Crippen molar-refractivity contribution >= 4 is 11.4 Å². The molecule has 0 spiro atoms. The van der Waals surface area contributed by atoms with E-state index in [-0.39, 0.29) is 6.10 Å². The zero-order valence-corrected chi connectivity index (χ0v) is 13.4. The molecule has 2 aromatic carbocycles. The molecule has 4 heteroatoms. The lowest BCUT2D eigenvalue weighted by Gasteiger charge is -2.16. The number of nitrogens with two attached hydrogens (primary N) is 2. The largest absolute Gasteiger partial charge is 0.493 e. The van der Waals surface area contributed by atoms with Gasteiger partial charge in [0.1, 0.15) is 11.5 Å². The van der Waals surface area contributed by atoms with E-state index in [1.54, 1.807) is 0 Å². The monoisotopic (exact) mass is 300 g/mol. The fraction of sp³-hybridized carbons (Fsp3) is 0.333. The molecule has 4 nitrogen and oxygen atoms in total. The third-order valence-electron chi connectivity index (χ3n) is 3.61. The van der Waals surface area contributed by atoms with Gasteiger partial charge in [-0.25, -0.2) is 0 Å². The molecule has 0 aliphatic heterocycles. The minimum absolute atomic E-state index is 0.0675. The molecule has 22 heavy (non-hydrogen) atoms. The normalized spacial score (nSPS) is 12.0. The van der Waals surface area contributed by atoms with E-state index < -0.39 is 0 Å². The van der Waals surface area contributed by atoms with Crippen LogP contribution in [-0.2, 0) is 0 Å². The molecule has 0 aromatic heterocycles. The van der Waals surface area contributed by atoms with Gasteiger partial charge in [-0.15, -0.1) is 0 Å². The average Bonchev–Trinajstić information content (AvgIpc) is 2.47. The van der Waals surface area contributed by atoms with E-state index in [9.17, 15) is 0 Å². The first-order valence-corrected chi connectivity index (χ1v) is 7.47. The highest BCUT2D eigenvalue weighted by atomic mass is 16.5. The lowest BCUT2D eigenvalue weighted by molar-refractivity contribution is 0.177. The molecule has 1 atom stereocenters. The Morgan fingerprint density at radius 1 is 0.909 bits per heavy atom. The summed E-state index contributed by atoms with van der Waals surface area (Å²) in [6, 6.07) is 11.4. The van der Waals surface area contributed by atoms with Gasteiger partial charge >= 0.3 is 0 Å². The van der Waals surface area contributed by atoms with Crippen LogP contribution in [0.15, 0.2) is 36.4 Å². The van der Waals surface area contributed by atoms with Crippen LogP contribution in [0.1, 0.15) is 24.5 Å². The highest BCUT2D eigenvalue weighted by Crippen LogP contribution is 2.21. The molecule has 0 bridgehead atoms. The molecule has 118 valence electrons. The predicted octanol–water partition coefficient (Wildman–Crippen LogP) is 3.70. The smallest absolute Gasteiger partial charge is 0.120 e. The summed E-state index contributed by atoms with van der Waals surface area (Å²) in [6.45, 7) is 6.57. The Hall–Kier alpha value is -2.36. The zero-order chi connectivity index (χ0) is 16.1. The number of hydrogen-bond donors (Lipinski definition) is 2. The Kier molecular flexibility index (Phi) is 5.15. The van der Waals surface area contributed by atoms with E-state index >= 15 is 0 Å². The molecule has 0 aliphatic carbocycles. The summed E-state index contributed by atoms with van der Waals surface area (Å²) in [4.78, 5) is 0. The molecule has 0 saturated heterocycles. The summed E-state index contributed by atoms with van der Waals surface area (Å²) >= 11 is 0. The molecule has 4 N–H and O–H groups in total. The van der Waals surface area contributed by atoms with Crippen molar-refractivity contribution in [3.8, 4) is 11.5 Å². The molecule has 0 radical (unpaired) electrons. The Labute approximate surface area is 132 Å². The summed E-state index contributed by atoms with van der Waals surface area (Å²) in [7, 11) is 0. The maximum absolute atomic E-state index is 5.88. The third-order valence-corrected chi connectivity index (χ3v) is 3.61. The fourth-order valence-electron chi connectivity index (χ4n) is 2.09. The van der Waals surface area contributed by atoms with Gasteiger partial charge < -0.3 is 20.9 Å². The van der Waals surface area contributed by atoms with Crippen LogP contribution >= 0.6 is 0 Å². The number of ether oxygens (including phenoxy) is 2. The van der Waals surface area contributed by atoms with Crippen LogP contribution < -0.4 is 20.9 Å². The van der Waals surface area contributed by atoms with E-state index in [0.717, 1.165) is 40.4 Å². The van der Waals surface area contributed by atoms with Crippen molar-refractivity contribution in [2.45, 2.75) is 33.3 Å². The van der Waals surface area contributed by atoms with Gasteiger partial charge in [0.2, 0.25) is 0 Å². The van der Waals surface area contributed by atoms with Crippen LogP contribution in [0, 0.1) is 13.8 Å². The summed E-state index contributed by atoms with van der Waals surface area (Å²) in [5.41, 5.74) is 15.2. The maximum atomic E-state index is 5.88. The first-order chi connectivity index (χ1) is 10.5. The Balaban J connectivity index is 1.81. The molecule has 0 heterocycles. The van der Waals surface area contributed by atoms with Gasteiger partial charge in [-0.2, -0.15) is 0 Å². The maximum Gasteiger partial charge on any atom is 0.120 e. The van der Waals surface area contributed by atoms with Crippen molar-refractivity contribution in [1.82, 2.24) is 0 Å². The second-order valence-electron chi connectivity index (χ2n) is 5.60. The van der Waals surface area contributed by atoms with Crippen molar-refractivity contribution in [2.75, 3.05) is 18.1 Å². The van der Waals surface area contributed by atoms with Crippen LogP contribution in [0.25, 0.3) is 0 Å². The Morgan fingerprint density at radius 3 is 2.05 bits per heavy atom. The lowest BCUT2D eigenvalue weighted by Crippen LogP contribution is -2.16. The number of aryl methyl sites for hydroxylation is 2. The second-order valence-corrected chi connectivity index (χ2v) is 5.60. The van der Waals surface area contributed by atoms with Crippen molar-refractivity contribution in [1.29, 1.82) is 0 Å². The predicted molar refractivity (Wildman–Crippen MR) is 91.4 cm³/mol. The zero-order valence-electron chi connectivity index (χ0n) is 13.4. The van der Waals surface area contributed by atoms with Gasteiger partial charge in [-0.3, -0.25) is 0 Å². The van der Waals surface area contributed by atoms with E-state index in [2.05, 4.69) is 0 Å². The quantitative estimate of drug-likeness (QED) is 0.798. The molecular formula is C18H24N2O2. The molecule has 2 aromatic rings. The summed E-state index contributed by atoms with van der Waals surface area (Å²) in [6.07, 6.45) is 0.866. The van der Waals surface area contributed by atoms with Gasteiger partial charge in [0.25, 0.3) is 0 Å². The van der Waals surface area contributed by atoms with Crippen LogP contribution in [-0.4, -0.2) is 12.7 Å². The van der Waals surface area contributed by atoms with E-state index in [0.29, 0.717) is 6.61 Å². The molecular weight excluding hydrogens is 276 g/mol. The number of benzene rings is 2. The molecule has 0 aliphatic rings. The minimum atomic E-state index is 0.0675. The van der Waals surface area contributed by atoms with E-state index in [1.165, 1.54) is 0 Å². The van der Waals surface area contributed by atoms with E-state index in [4.69, 9.17) is 20.9 Å². The molecule has 1 unspecified atom stereocenters. The highest BCUT2D eigenvalue weighted by molar-refractivity contribution is 5.50. The SMILES string of the molecule is Cc1cc(OCCC(C)Oc2ccc(N)c(C)c2)ccc1N. The molecule has 0 amide bonds. The van der Waals surface area contributed by atoms with Gasteiger partial charge in [0.15, 0.2) is 0 Å². The van der Waals surface area contributed by atoms with Crippen molar-refractivity contribution in [3.05, 3.63) is 47.5 Å². The summed E-state index contributed by atoms with van der Waals surface area (Å²) in [5, 5.41) is 0. The molecule has 0 saturated carbocycles. The van der Waals surface area contributed by atoms with E-state index in [1.807, 2.05) is 57.2 Å². The second kappa shape index (κ2) is 7.07. The minimum Gasteiger partial charge on any atom is -0.493 e. The van der Waals surface area contributed by atoms with Crippen LogP contribution in [0.2, 0.25) is 0 Å². The summed E-state index contributed by atoms with van der Waals surface area (Å²) in [5.74, 6) is 1.67. The van der Waals surface area contributed by atoms with Gasteiger partial charge in [0.05, 0.1) is 12.7 Å². The first-order valence-electron chi connectivity index (χ1n) is 7.47. The molecule has 2 rings (SSSR count). The number of anilines is 2. The van der Waals surface area contributed by atoms with Crippen molar-refractivity contribution < 1.29 is 9.47 Å². The average molecular weight is 300 g/mol.